The number of anilines is 1. The van der Waals surface area contributed by atoms with Gasteiger partial charge in [0.05, 0.1) is 17.7 Å². The lowest BCUT2D eigenvalue weighted by Gasteiger charge is -2.35. The van der Waals surface area contributed by atoms with Crippen LogP contribution in [0.2, 0.25) is 0 Å². The van der Waals surface area contributed by atoms with Crippen LogP contribution in [-0.4, -0.2) is 70.3 Å². The van der Waals surface area contributed by atoms with Gasteiger partial charge in [0.15, 0.2) is 5.65 Å². The first-order chi connectivity index (χ1) is 20.8. The Balaban J connectivity index is 0.914. The smallest absolute Gasteiger partial charge is 0.235 e. The van der Waals surface area contributed by atoms with E-state index in [4.69, 9.17) is 9.72 Å². The molecule has 1 aromatic carbocycles. The number of ether oxygens (including phenoxy) is 1. The number of carbonyl (C=O) groups is 2. The van der Waals surface area contributed by atoms with E-state index in [0.29, 0.717) is 24.6 Å². The Bertz CT molecular complexity index is 1460. The van der Waals surface area contributed by atoms with Gasteiger partial charge in [-0.05, 0) is 93.8 Å². The molecule has 43 heavy (non-hydrogen) atoms. The topological polar surface area (TPSA) is 92.6 Å². The van der Waals surface area contributed by atoms with Gasteiger partial charge in [-0.1, -0.05) is 28.8 Å². The van der Waals surface area contributed by atoms with E-state index in [1.54, 1.807) is 4.68 Å². The number of nitrogens with zero attached hydrogens (tertiary/aromatic N) is 5. The van der Waals surface area contributed by atoms with Crippen LogP contribution in [0.3, 0.4) is 0 Å². The zero-order chi connectivity index (χ0) is 29.9. The summed E-state index contributed by atoms with van der Waals surface area (Å²) >= 11 is 3.57. The molecule has 1 atom stereocenters. The zero-order valence-electron chi connectivity index (χ0n) is 25.4. The number of fused-ring (bicyclic) bond motifs is 1. The van der Waals surface area contributed by atoms with E-state index in [1.807, 2.05) is 13.1 Å². The molecule has 2 aromatic heterocycles. The summed E-state index contributed by atoms with van der Waals surface area (Å²) in [5, 5.41) is 7.97. The maximum Gasteiger partial charge on any atom is 0.235 e. The van der Waals surface area contributed by atoms with Crippen molar-refractivity contribution < 1.29 is 14.3 Å². The van der Waals surface area contributed by atoms with Crippen LogP contribution >= 0.6 is 15.9 Å². The molecule has 1 unspecified atom stereocenters. The number of halogens is 1. The molecule has 1 saturated carbocycles. The summed E-state index contributed by atoms with van der Waals surface area (Å²) in [7, 11) is 1.87. The first-order valence-corrected chi connectivity index (χ1v) is 16.7. The minimum absolute atomic E-state index is 0.211. The molecule has 9 nitrogen and oxygen atoms in total. The minimum atomic E-state index is -0.409. The fourth-order valence-corrected chi connectivity index (χ4v) is 7.17. The van der Waals surface area contributed by atoms with Gasteiger partial charge >= 0.3 is 0 Å². The van der Waals surface area contributed by atoms with E-state index >= 15 is 0 Å². The van der Waals surface area contributed by atoms with Gasteiger partial charge in [-0.2, -0.15) is 5.10 Å². The molecule has 4 heterocycles. The number of benzene rings is 1. The third-order valence-corrected chi connectivity index (χ3v) is 10.4. The Morgan fingerprint density at radius 2 is 1.79 bits per heavy atom. The number of unbranched alkanes of at least 4 members (excludes halogenated alkanes) is 1. The van der Waals surface area contributed by atoms with E-state index in [1.165, 1.54) is 57.1 Å². The quantitative estimate of drug-likeness (QED) is 0.242. The molecule has 230 valence electrons. The lowest BCUT2D eigenvalue weighted by Crippen LogP contribution is -2.46. The fourth-order valence-electron chi connectivity index (χ4n) is 6.93. The number of amides is 2. The van der Waals surface area contributed by atoms with Crippen molar-refractivity contribution >= 4 is 44.6 Å². The van der Waals surface area contributed by atoms with Crippen molar-refractivity contribution in [1.29, 1.82) is 0 Å². The van der Waals surface area contributed by atoms with Crippen molar-refractivity contribution in [3.05, 3.63) is 46.1 Å². The number of aromatic nitrogens is 3. The van der Waals surface area contributed by atoms with Gasteiger partial charge in [0.2, 0.25) is 11.8 Å². The lowest BCUT2D eigenvalue weighted by molar-refractivity contribution is -0.134. The van der Waals surface area contributed by atoms with Crippen LogP contribution in [-0.2, 0) is 16.6 Å². The molecule has 3 aromatic rings. The fraction of sp³-hybridized carbons (Fsp3) is 0.576. The van der Waals surface area contributed by atoms with Gasteiger partial charge in [0.25, 0.3) is 0 Å². The molecule has 0 spiro atoms. The van der Waals surface area contributed by atoms with Crippen LogP contribution in [0.1, 0.15) is 75.0 Å². The normalized spacial score (nSPS) is 23.5. The number of pyridine rings is 1. The average Bonchev–Trinajstić information content (AvgIpc) is 3.33. The van der Waals surface area contributed by atoms with Crippen molar-refractivity contribution in [2.24, 2.45) is 13.0 Å². The van der Waals surface area contributed by atoms with Gasteiger partial charge in [0, 0.05) is 49.5 Å². The molecular weight excluding hydrogens is 608 g/mol. The number of hydrogen-bond acceptors (Lipinski definition) is 7. The maximum atomic E-state index is 12.4. The number of imide groups is 1. The minimum Gasteiger partial charge on any atom is -0.490 e. The average molecular weight is 652 g/mol. The van der Waals surface area contributed by atoms with Crippen LogP contribution < -0.4 is 15.0 Å². The third kappa shape index (κ3) is 7.06. The Kier molecular flexibility index (Phi) is 9.33. The summed E-state index contributed by atoms with van der Waals surface area (Å²) < 4.78 is 9.17. The Hall–Kier alpha value is -2.98. The lowest BCUT2D eigenvalue weighted by atomic mass is 9.84. The van der Waals surface area contributed by atoms with Crippen LogP contribution in [0.25, 0.3) is 11.0 Å². The van der Waals surface area contributed by atoms with Crippen molar-refractivity contribution in [2.45, 2.75) is 76.7 Å². The molecule has 1 aliphatic carbocycles. The van der Waals surface area contributed by atoms with Crippen molar-refractivity contribution in [3.63, 3.8) is 0 Å². The SMILES string of the molecule is Cc1cc(OC2CCC(CCCCN3CCN(c4ccc5c(C6CCC(=O)NC6=O)nn(C)c5n4)CC3)CC2)ccc1Br. The number of piperidine rings is 1. The van der Waals surface area contributed by atoms with Crippen molar-refractivity contribution in [3.8, 4) is 5.75 Å². The summed E-state index contributed by atoms with van der Waals surface area (Å²) in [4.78, 5) is 33.9. The summed E-state index contributed by atoms with van der Waals surface area (Å²) in [5.74, 6) is 1.91. The van der Waals surface area contributed by atoms with E-state index in [9.17, 15) is 9.59 Å². The highest BCUT2D eigenvalue weighted by atomic mass is 79.9. The second kappa shape index (κ2) is 13.3. The molecule has 10 heteroatoms. The zero-order valence-corrected chi connectivity index (χ0v) is 26.9. The van der Waals surface area contributed by atoms with Crippen molar-refractivity contribution in [1.82, 2.24) is 25.0 Å². The van der Waals surface area contributed by atoms with E-state index < -0.39 is 5.92 Å². The van der Waals surface area contributed by atoms with Crippen LogP contribution in [0.4, 0.5) is 5.82 Å². The predicted molar refractivity (Wildman–Crippen MR) is 171 cm³/mol. The molecule has 2 aliphatic heterocycles. The Morgan fingerprint density at radius 1 is 1.00 bits per heavy atom. The second-order valence-corrected chi connectivity index (χ2v) is 13.4. The highest BCUT2D eigenvalue weighted by Gasteiger charge is 2.32. The van der Waals surface area contributed by atoms with Gasteiger partial charge in [-0.3, -0.25) is 24.5 Å². The van der Waals surface area contributed by atoms with E-state index in [0.717, 1.165) is 59.2 Å². The number of nitrogens with one attached hydrogen (secondary N) is 1. The number of hydrogen-bond donors (Lipinski definition) is 1. The van der Waals surface area contributed by atoms with E-state index in [2.05, 4.69) is 67.3 Å². The molecular formula is C33H43BrN6O3. The van der Waals surface area contributed by atoms with Gasteiger partial charge in [0.1, 0.15) is 11.6 Å². The molecule has 6 rings (SSSR count). The third-order valence-electron chi connectivity index (χ3n) is 9.53. The Morgan fingerprint density at radius 3 is 2.53 bits per heavy atom. The standard InChI is InChI=1S/C33H43BrN6O3/c1-22-21-25(10-13-28(22)34)43-24-8-6-23(7-9-24)5-3-4-16-39-17-19-40(20-18-39)29-14-11-26-31(37-38(2)32(26)35-29)27-12-15-30(41)36-33(27)42/h10-11,13-14,21,23-24,27H,3-9,12,15-20H2,1-2H3,(H,36,41,42). The van der Waals surface area contributed by atoms with Crippen LogP contribution in [0.15, 0.2) is 34.8 Å². The van der Waals surface area contributed by atoms with Crippen LogP contribution in [0.5, 0.6) is 5.75 Å². The Labute approximate surface area is 262 Å². The molecule has 3 fully saturated rings. The molecule has 3 aliphatic rings. The summed E-state index contributed by atoms with van der Waals surface area (Å²) in [6.07, 6.45) is 9.97. The van der Waals surface area contributed by atoms with Gasteiger partial charge < -0.3 is 9.64 Å². The van der Waals surface area contributed by atoms with Crippen LogP contribution in [0, 0.1) is 12.8 Å². The first kappa shape index (κ1) is 30.1. The summed E-state index contributed by atoms with van der Waals surface area (Å²) in [6.45, 7) is 7.28. The number of carbonyl (C=O) groups excluding carboxylic acids is 2. The highest BCUT2D eigenvalue weighted by Crippen LogP contribution is 2.33. The van der Waals surface area contributed by atoms with Gasteiger partial charge in [-0.25, -0.2) is 4.98 Å². The number of aryl methyl sites for hydroxylation is 2. The predicted octanol–water partition coefficient (Wildman–Crippen LogP) is 5.49. The molecule has 2 saturated heterocycles. The molecule has 0 radical (unpaired) electrons. The number of piperazine rings is 1. The molecule has 2 amide bonds. The first-order valence-electron chi connectivity index (χ1n) is 15.9. The molecule has 1 N–H and O–H groups in total. The highest BCUT2D eigenvalue weighted by molar-refractivity contribution is 9.10. The largest absolute Gasteiger partial charge is 0.490 e. The van der Waals surface area contributed by atoms with E-state index in [-0.39, 0.29) is 11.8 Å². The second-order valence-electron chi connectivity index (χ2n) is 12.5. The summed E-state index contributed by atoms with van der Waals surface area (Å²) in [6, 6.07) is 10.4. The maximum absolute atomic E-state index is 12.4. The summed E-state index contributed by atoms with van der Waals surface area (Å²) in [5.41, 5.74) is 2.71. The number of rotatable bonds is 9. The van der Waals surface area contributed by atoms with Gasteiger partial charge in [-0.15, -0.1) is 0 Å². The molecule has 0 bridgehead atoms. The monoisotopic (exact) mass is 650 g/mol. The van der Waals surface area contributed by atoms with Crippen molar-refractivity contribution in [2.75, 3.05) is 37.6 Å².